The fraction of sp³-hybridized carbons (Fsp3) is 0.714. The van der Waals surface area contributed by atoms with Crippen molar-refractivity contribution in [3.05, 3.63) is 29.8 Å². The minimum absolute atomic E-state index is 0.309. The van der Waals surface area contributed by atoms with E-state index < -0.39 is 10.0 Å². The van der Waals surface area contributed by atoms with Gasteiger partial charge in [-0.25, -0.2) is 8.42 Å². The summed E-state index contributed by atoms with van der Waals surface area (Å²) in [5.74, 6) is 4.19. The molecule has 8 atom stereocenters. The Hall–Kier alpha value is -0.870. The first-order chi connectivity index (χ1) is 12.1. The summed E-state index contributed by atoms with van der Waals surface area (Å²) >= 11 is 0. The summed E-state index contributed by atoms with van der Waals surface area (Å²) in [6, 6.07) is 8.16. The second-order valence-electron chi connectivity index (χ2n) is 9.45. The number of hydrogen-bond donors (Lipinski definition) is 0. The largest absolute Gasteiger partial charge is 0.243 e. The first-order valence-electron chi connectivity index (χ1n) is 10.2. The second-order valence-corrected chi connectivity index (χ2v) is 11.3. The zero-order chi connectivity index (χ0) is 16.9. The van der Waals surface area contributed by atoms with E-state index in [1.54, 1.807) is 0 Å². The molecule has 1 aromatic rings. The molecule has 3 nitrogen and oxygen atoms in total. The van der Waals surface area contributed by atoms with E-state index >= 15 is 0 Å². The van der Waals surface area contributed by atoms with Crippen LogP contribution in [0, 0.1) is 42.4 Å². The molecule has 0 unspecified atom stereocenters. The molecule has 1 aliphatic heterocycles. The van der Waals surface area contributed by atoms with Crippen molar-refractivity contribution in [3.8, 4) is 0 Å². The SMILES string of the molecule is Cc1ccc(S(=O)(=O)N2[C@@H]3[C@H]4CC[C@H](C4)[C@@H]3[C@H]3[C@@H]4CC[C@@H](C4)[C@H]32)cc1. The molecule has 1 saturated heterocycles. The van der Waals surface area contributed by atoms with Gasteiger partial charge in [-0.2, -0.15) is 4.31 Å². The van der Waals surface area contributed by atoms with E-state index in [0.29, 0.717) is 40.7 Å². The summed E-state index contributed by atoms with van der Waals surface area (Å²) in [7, 11) is -3.38. The summed E-state index contributed by atoms with van der Waals surface area (Å²) < 4.78 is 29.5. The Kier molecular flexibility index (Phi) is 2.98. The number of fused-ring (bicyclic) bond motifs is 11. The summed E-state index contributed by atoms with van der Waals surface area (Å²) in [4.78, 5) is 0.517. The van der Waals surface area contributed by atoms with Crippen molar-refractivity contribution in [1.29, 1.82) is 0 Å². The van der Waals surface area contributed by atoms with Crippen LogP contribution in [0.1, 0.15) is 44.1 Å². The molecule has 4 aliphatic carbocycles. The molecule has 6 rings (SSSR count). The van der Waals surface area contributed by atoms with E-state index in [4.69, 9.17) is 0 Å². The third-order valence-electron chi connectivity index (χ3n) is 8.50. The van der Waals surface area contributed by atoms with Gasteiger partial charge in [0.2, 0.25) is 10.0 Å². The summed E-state index contributed by atoms with van der Waals surface area (Å²) in [5.41, 5.74) is 1.12. The lowest BCUT2D eigenvalue weighted by Gasteiger charge is -2.35. The molecule has 0 N–H and O–H groups in total. The second kappa shape index (κ2) is 4.89. The topological polar surface area (TPSA) is 37.4 Å². The van der Waals surface area contributed by atoms with Crippen LogP contribution in [0.3, 0.4) is 0 Å². The molecule has 5 aliphatic rings. The van der Waals surface area contributed by atoms with E-state index in [1.165, 1.54) is 38.5 Å². The Labute approximate surface area is 150 Å². The van der Waals surface area contributed by atoms with Gasteiger partial charge in [0, 0.05) is 12.1 Å². The minimum atomic E-state index is -3.38. The third-order valence-corrected chi connectivity index (χ3v) is 10.4. The average molecular weight is 358 g/mol. The molecule has 0 aromatic heterocycles. The molecule has 1 heterocycles. The Bertz CT molecular complexity index is 785. The molecule has 0 spiro atoms. The zero-order valence-corrected chi connectivity index (χ0v) is 15.7. The fourth-order valence-corrected chi connectivity index (χ4v) is 9.79. The van der Waals surface area contributed by atoms with E-state index in [9.17, 15) is 8.42 Å². The molecule has 25 heavy (non-hydrogen) atoms. The highest BCUT2D eigenvalue weighted by atomic mass is 32.2. The van der Waals surface area contributed by atoms with Crippen LogP contribution in [0.15, 0.2) is 29.2 Å². The lowest BCUT2D eigenvalue weighted by atomic mass is 9.72. The van der Waals surface area contributed by atoms with Crippen LogP contribution in [0.5, 0.6) is 0 Å². The quantitative estimate of drug-likeness (QED) is 0.807. The molecule has 134 valence electrons. The van der Waals surface area contributed by atoms with Gasteiger partial charge in [-0.05, 0) is 93.1 Å². The van der Waals surface area contributed by atoms with Crippen LogP contribution in [0.4, 0.5) is 0 Å². The molecule has 5 fully saturated rings. The van der Waals surface area contributed by atoms with Crippen LogP contribution in [0.2, 0.25) is 0 Å². The van der Waals surface area contributed by atoms with Gasteiger partial charge in [-0.3, -0.25) is 0 Å². The van der Waals surface area contributed by atoms with Gasteiger partial charge in [0.25, 0.3) is 0 Å². The van der Waals surface area contributed by atoms with Gasteiger partial charge in [0.15, 0.2) is 0 Å². The number of benzene rings is 1. The Morgan fingerprint density at radius 3 is 1.80 bits per heavy atom. The minimum Gasteiger partial charge on any atom is -0.207 e. The molecule has 4 heteroatoms. The summed E-state index contributed by atoms with van der Waals surface area (Å²) in [5, 5.41) is 0. The van der Waals surface area contributed by atoms with Crippen LogP contribution >= 0.6 is 0 Å². The predicted octanol–water partition coefficient (Wildman–Crippen LogP) is 3.83. The smallest absolute Gasteiger partial charge is 0.207 e. The molecule has 1 aromatic carbocycles. The first kappa shape index (κ1) is 15.2. The van der Waals surface area contributed by atoms with Gasteiger partial charge in [0.1, 0.15) is 0 Å². The highest BCUT2D eigenvalue weighted by Gasteiger charge is 2.69. The van der Waals surface area contributed by atoms with E-state index in [0.717, 1.165) is 17.4 Å². The van der Waals surface area contributed by atoms with Crippen molar-refractivity contribution in [1.82, 2.24) is 4.31 Å². The van der Waals surface area contributed by atoms with Crippen molar-refractivity contribution >= 4 is 10.0 Å². The number of aryl methyl sites for hydroxylation is 1. The number of hydrogen-bond acceptors (Lipinski definition) is 2. The average Bonchev–Trinajstić information content (AvgIpc) is 3.36. The predicted molar refractivity (Wildman–Crippen MR) is 96.4 cm³/mol. The van der Waals surface area contributed by atoms with Crippen molar-refractivity contribution in [2.45, 2.75) is 62.4 Å². The monoisotopic (exact) mass is 357 g/mol. The first-order valence-corrected chi connectivity index (χ1v) is 11.6. The van der Waals surface area contributed by atoms with Gasteiger partial charge < -0.3 is 0 Å². The lowest BCUT2D eigenvalue weighted by molar-refractivity contribution is 0.193. The normalized spacial score (nSPS) is 47.4. The Balaban J connectivity index is 1.48. The van der Waals surface area contributed by atoms with Crippen LogP contribution in [-0.2, 0) is 10.0 Å². The highest BCUT2D eigenvalue weighted by molar-refractivity contribution is 7.89. The zero-order valence-electron chi connectivity index (χ0n) is 14.8. The molecule has 4 bridgehead atoms. The number of sulfonamides is 1. The molecule has 0 amide bonds. The van der Waals surface area contributed by atoms with Crippen molar-refractivity contribution < 1.29 is 8.42 Å². The van der Waals surface area contributed by atoms with Crippen molar-refractivity contribution in [2.75, 3.05) is 0 Å². The van der Waals surface area contributed by atoms with E-state index in [1.807, 2.05) is 31.2 Å². The molecular formula is C21H27NO2S. The maximum Gasteiger partial charge on any atom is 0.243 e. The number of rotatable bonds is 2. The maximum atomic E-state index is 13.7. The third kappa shape index (κ3) is 1.83. The maximum absolute atomic E-state index is 13.7. The molecule has 0 radical (unpaired) electrons. The van der Waals surface area contributed by atoms with Crippen molar-refractivity contribution in [3.63, 3.8) is 0 Å². The van der Waals surface area contributed by atoms with E-state index in [2.05, 4.69) is 4.31 Å². The van der Waals surface area contributed by atoms with Crippen LogP contribution < -0.4 is 0 Å². The summed E-state index contributed by atoms with van der Waals surface area (Å²) in [6.45, 7) is 2.02. The van der Waals surface area contributed by atoms with Gasteiger partial charge >= 0.3 is 0 Å². The molecular weight excluding hydrogens is 330 g/mol. The standard InChI is InChI=1S/C21H27NO2S/c1-12-2-8-17(9-3-12)25(23,24)22-20-15-6-4-13(10-15)18(20)19-14-5-7-16(11-14)21(19)22/h2-3,8-9,13-16,18-21H,4-7,10-11H2,1H3/t13-,14-,15+,16+,18-,19-,20-,21-/m1/s1. The Morgan fingerprint density at radius 1 is 0.800 bits per heavy atom. The molecule has 4 saturated carbocycles. The van der Waals surface area contributed by atoms with Crippen molar-refractivity contribution in [2.24, 2.45) is 35.5 Å². The van der Waals surface area contributed by atoms with Gasteiger partial charge in [0.05, 0.1) is 4.90 Å². The van der Waals surface area contributed by atoms with E-state index in [-0.39, 0.29) is 0 Å². The number of nitrogens with zero attached hydrogens (tertiary/aromatic N) is 1. The lowest BCUT2D eigenvalue weighted by Crippen LogP contribution is -2.47. The van der Waals surface area contributed by atoms with Crippen LogP contribution in [-0.4, -0.2) is 24.8 Å². The summed E-state index contributed by atoms with van der Waals surface area (Å²) in [6.07, 6.45) is 7.78. The van der Waals surface area contributed by atoms with Crippen LogP contribution in [0.25, 0.3) is 0 Å². The fourth-order valence-electron chi connectivity index (χ4n) is 7.80. The van der Waals surface area contributed by atoms with Gasteiger partial charge in [-0.1, -0.05) is 17.7 Å². The highest BCUT2D eigenvalue weighted by Crippen LogP contribution is 2.67. The van der Waals surface area contributed by atoms with Gasteiger partial charge in [-0.15, -0.1) is 0 Å². The Morgan fingerprint density at radius 2 is 1.28 bits per heavy atom.